The molecule has 8 heteroatoms. The first-order chi connectivity index (χ1) is 15.5. The highest BCUT2D eigenvalue weighted by atomic mass is 16.6. The Balaban J connectivity index is 1.17. The molecule has 1 fully saturated rings. The molecule has 2 aliphatic rings. The number of benzene rings is 2. The monoisotopic (exact) mass is 438 g/mol. The lowest BCUT2D eigenvalue weighted by Gasteiger charge is -2.36. The average molecular weight is 439 g/mol. The Morgan fingerprint density at radius 1 is 1.09 bits per heavy atom. The van der Waals surface area contributed by atoms with Gasteiger partial charge >= 0.3 is 0 Å². The van der Waals surface area contributed by atoms with E-state index in [2.05, 4.69) is 15.1 Å². The molecule has 0 saturated carbocycles. The van der Waals surface area contributed by atoms with Gasteiger partial charge in [-0.2, -0.15) is 0 Å². The van der Waals surface area contributed by atoms with Crippen molar-refractivity contribution >= 4 is 23.0 Å². The number of hydrogen-bond acceptors (Lipinski definition) is 6. The van der Waals surface area contributed by atoms with Crippen molar-refractivity contribution in [2.24, 2.45) is 0 Å². The highest BCUT2D eigenvalue weighted by Gasteiger charge is 2.21. The molecule has 2 heterocycles. The third-order valence-electron chi connectivity index (χ3n) is 6.30. The molecule has 4 rings (SSSR count). The van der Waals surface area contributed by atoms with Gasteiger partial charge < -0.3 is 15.0 Å². The molecule has 2 aromatic rings. The molecule has 0 radical (unpaired) electrons. The molecule has 0 bridgehead atoms. The van der Waals surface area contributed by atoms with Gasteiger partial charge in [-0.3, -0.25) is 19.8 Å². The summed E-state index contributed by atoms with van der Waals surface area (Å²) in [6, 6.07) is 11.2. The van der Waals surface area contributed by atoms with E-state index >= 15 is 0 Å². The molecule has 2 aliphatic heterocycles. The molecule has 8 nitrogen and oxygen atoms in total. The third-order valence-corrected chi connectivity index (χ3v) is 6.30. The molecule has 0 aliphatic carbocycles. The van der Waals surface area contributed by atoms with E-state index in [9.17, 15) is 14.9 Å². The van der Waals surface area contributed by atoms with Gasteiger partial charge in [0.1, 0.15) is 5.75 Å². The number of hydrogen-bond donors (Lipinski definition) is 1. The minimum atomic E-state index is -0.308. The van der Waals surface area contributed by atoms with Crippen LogP contribution in [0.15, 0.2) is 36.4 Å². The number of aryl methyl sites for hydroxylation is 1. The normalized spacial score (nSPS) is 16.4. The van der Waals surface area contributed by atoms with E-state index in [0.29, 0.717) is 13.0 Å². The number of nitro groups is 1. The number of rotatable bonds is 8. The number of amides is 1. The number of unbranched alkanes of at least 4 members (excludes halogenated alkanes) is 1. The highest BCUT2D eigenvalue weighted by Crippen LogP contribution is 2.29. The van der Waals surface area contributed by atoms with Gasteiger partial charge in [0.05, 0.1) is 17.1 Å². The summed E-state index contributed by atoms with van der Waals surface area (Å²) >= 11 is 0. The van der Waals surface area contributed by atoms with Gasteiger partial charge in [0.25, 0.3) is 5.69 Å². The Morgan fingerprint density at radius 3 is 2.69 bits per heavy atom. The maximum Gasteiger partial charge on any atom is 0.274 e. The third kappa shape index (κ3) is 5.19. The fraction of sp³-hybridized carbons (Fsp3) is 0.458. The van der Waals surface area contributed by atoms with Crippen LogP contribution in [0.5, 0.6) is 5.75 Å². The predicted octanol–water partition coefficient (Wildman–Crippen LogP) is 3.77. The highest BCUT2D eigenvalue weighted by molar-refractivity contribution is 5.94. The number of nitrogens with zero attached hydrogens (tertiary/aromatic N) is 3. The van der Waals surface area contributed by atoms with Crippen LogP contribution < -0.4 is 15.0 Å². The summed E-state index contributed by atoms with van der Waals surface area (Å²) in [7, 11) is 0. The molecular weight excluding hydrogens is 408 g/mol. The first kappa shape index (κ1) is 22.1. The molecule has 32 heavy (non-hydrogen) atoms. The summed E-state index contributed by atoms with van der Waals surface area (Å²) in [5.41, 5.74) is 3.93. The van der Waals surface area contributed by atoms with Gasteiger partial charge in [-0.1, -0.05) is 12.1 Å². The second kappa shape index (κ2) is 9.99. The Bertz CT molecular complexity index is 986. The van der Waals surface area contributed by atoms with Crippen molar-refractivity contribution in [1.29, 1.82) is 0 Å². The van der Waals surface area contributed by atoms with E-state index in [1.165, 1.54) is 0 Å². The van der Waals surface area contributed by atoms with Crippen molar-refractivity contribution in [1.82, 2.24) is 4.90 Å². The smallest absolute Gasteiger partial charge is 0.274 e. The van der Waals surface area contributed by atoms with Crippen LogP contribution in [0, 0.1) is 17.0 Å². The van der Waals surface area contributed by atoms with Crippen LogP contribution in [0.3, 0.4) is 0 Å². The van der Waals surface area contributed by atoms with Crippen LogP contribution in [-0.4, -0.2) is 55.1 Å². The first-order valence-corrected chi connectivity index (χ1v) is 11.3. The summed E-state index contributed by atoms with van der Waals surface area (Å²) in [4.78, 5) is 27.1. The van der Waals surface area contributed by atoms with E-state index < -0.39 is 0 Å². The van der Waals surface area contributed by atoms with Crippen molar-refractivity contribution in [2.75, 3.05) is 49.5 Å². The van der Waals surface area contributed by atoms with Gasteiger partial charge in [0.2, 0.25) is 5.91 Å². The second-order valence-electron chi connectivity index (χ2n) is 8.43. The van der Waals surface area contributed by atoms with Crippen molar-refractivity contribution in [3.63, 3.8) is 0 Å². The lowest BCUT2D eigenvalue weighted by atomic mass is 10.0. The minimum Gasteiger partial charge on any atom is -0.494 e. The number of nitro benzene ring substituents is 1. The van der Waals surface area contributed by atoms with Crippen molar-refractivity contribution in [2.45, 2.75) is 32.6 Å². The predicted molar refractivity (Wildman–Crippen MR) is 125 cm³/mol. The van der Waals surface area contributed by atoms with Gasteiger partial charge in [-0.05, 0) is 50.4 Å². The van der Waals surface area contributed by atoms with E-state index in [0.717, 1.165) is 80.2 Å². The fourth-order valence-electron chi connectivity index (χ4n) is 4.43. The van der Waals surface area contributed by atoms with Crippen LogP contribution in [0.2, 0.25) is 0 Å². The van der Waals surface area contributed by atoms with Crippen molar-refractivity contribution < 1.29 is 14.5 Å². The van der Waals surface area contributed by atoms with Crippen molar-refractivity contribution in [3.05, 3.63) is 57.6 Å². The lowest BCUT2D eigenvalue weighted by Crippen LogP contribution is -2.46. The lowest BCUT2D eigenvalue weighted by molar-refractivity contribution is -0.385. The van der Waals surface area contributed by atoms with Crippen LogP contribution in [-0.2, 0) is 11.2 Å². The Hall–Kier alpha value is -3.13. The zero-order valence-corrected chi connectivity index (χ0v) is 18.5. The van der Waals surface area contributed by atoms with Gasteiger partial charge in [-0.25, -0.2) is 0 Å². The quantitative estimate of drug-likeness (QED) is 0.384. The molecule has 0 spiro atoms. The molecule has 1 amide bonds. The molecule has 0 unspecified atom stereocenters. The summed E-state index contributed by atoms with van der Waals surface area (Å²) < 4.78 is 5.88. The number of carbonyl (C=O) groups excluding carboxylic acids is 1. The summed E-state index contributed by atoms with van der Waals surface area (Å²) in [6.07, 6.45) is 3.35. The zero-order chi connectivity index (χ0) is 22.5. The number of carbonyl (C=O) groups is 1. The number of nitrogens with one attached hydrogen (secondary N) is 1. The average Bonchev–Trinajstić information content (AvgIpc) is 2.79. The van der Waals surface area contributed by atoms with E-state index in [4.69, 9.17) is 4.74 Å². The van der Waals surface area contributed by atoms with Gasteiger partial charge in [-0.15, -0.1) is 0 Å². The topological polar surface area (TPSA) is 88.0 Å². The molecule has 1 saturated heterocycles. The zero-order valence-electron chi connectivity index (χ0n) is 18.5. The molecule has 0 atom stereocenters. The summed E-state index contributed by atoms with van der Waals surface area (Å²) in [5.74, 6) is 0.863. The minimum absolute atomic E-state index is 0.0652. The molecule has 170 valence electrons. The molecule has 2 aromatic carbocycles. The molecule has 0 aromatic heterocycles. The van der Waals surface area contributed by atoms with Gasteiger partial charge in [0, 0.05) is 56.1 Å². The number of anilines is 2. The van der Waals surface area contributed by atoms with E-state index in [-0.39, 0.29) is 16.5 Å². The standard InChI is InChI=1S/C24H30N4O4/c1-18-22(5-4-6-23(18)28(30)31)27-14-12-26(13-15-27)11-2-3-16-32-20-9-7-19-8-10-24(29)25-21(19)17-20/h4-7,9,17H,2-3,8,10-16H2,1H3,(H,25,29). The van der Waals surface area contributed by atoms with Crippen LogP contribution in [0.1, 0.15) is 30.4 Å². The Kier molecular flexibility index (Phi) is 6.90. The molecular formula is C24H30N4O4. The van der Waals surface area contributed by atoms with Gasteiger partial charge in [0.15, 0.2) is 0 Å². The van der Waals surface area contributed by atoms with Crippen LogP contribution in [0.25, 0.3) is 0 Å². The molecule has 1 N–H and O–H groups in total. The summed E-state index contributed by atoms with van der Waals surface area (Å²) in [6.45, 7) is 7.15. The second-order valence-corrected chi connectivity index (χ2v) is 8.43. The Morgan fingerprint density at radius 2 is 1.91 bits per heavy atom. The van der Waals surface area contributed by atoms with Crippen LogP contribution in [0.4, 0.5) is 17.1 Å². The number of fused-ring (bicyclic) bond motifs is 1. The Labute approximate surface area is 188 Å². The largest absolute Gasteiger partial charge is 0.494 e. The van der Waals surface area contributed by atoms with Crippen molar-refractivity contribution in [3.8, 4) is 5.75 Å². The maximum absolute atomic E-state index is 11.6. The summed E-state index contributed by atoms with van der Waals surface area (Å²) in [5, 5.41) is 14.1. The SMILES string of the molecule is Cc1c(N2CCN(CCCCOc3ccc4c(c3)NC(=O)CC4)CC2)cccc1[N+](=O)[O-]. The maximum atomic E-state index is 11.6. The van der Waals surface area contributed by atoms with Crippen LogP contribution >= 0.6 is 0 Å². The first-order valence-electron chi connectivity index (χ1n) is 11.3. The number of piperazine rings is 1. The number of ether oxygens (including phenoxy) is 1. The van der Waals surface area contributed by atoms with E-state index in [1.54, 1.807) is 12.1 Å². The van der Waals surface area contributed by atoms with E-state index in [1.807, 2.05) is 31.2 Å². The fourth-order valence-corrected chi connectivity index (χ4v) is 4.43.